The molecule has 4 aliphatic rings. The first kappa shape index (κ1) is 18.0. The average Bonchev–Trinajstić information content (AvgIpc) is 3.32. The lowest BCUT2D eigenvalue weighted by atomic mass is 9.82. The van der Waals surface area contributed by atoms with Crippen molar-refractivity contribution < 1.29 is 17.9 Å². The number of hydrogen-bond donors (Lipinski definition) is 2. The smallest absolute Gasteiger partial charge is 0.222 e. The van der Waals surface area contributed by atoms with E-state index in [4.69, 9.17) is 4.74 Å². The highest BCUT2D eigenvalue weighted by Crippen LogP contribution is 2.47. The molecule has 4 fully saturated rings. The van der Waals surface area contributed by atoms with Crippen LogP contribution < -0.4 is 10.6 Å². The minimum absolute atomic E-state index is 0.0643. The molecule has 146 valence electrons. The third-order valence-corrected chi connectivity index (χ3v) is 7.96. The second kappa shape index (κ2) is 6.99. The van der Waals surface area contributed by atoms with Crippen LogP contribution >= 0.6 is 0 Å². The molecule has 4 saturated heterocycles. The number of amides is 1. The normalized spacial score (nSPS) is 37.8. The summed E-state index contributed by atoms with van der Waals surface area (Å²) in [6.45, 7) is 2.43. The maximum atomic E-state index is 12.0. The van der Waals surface area contributed by atoms with E-state index in [2.05, 4.69) is 20.5 Å². The molecule has 0 saturated carbocycles. The Labute approximate surface area is 154 Å². The number of aliphatic imine (C=N–C) groups is 1. The SMILES string of the molecule is CN=C(NCCC(=O)NC1CCS(=O)(=O)C1)N1CC2C3CCC(O3)C2C1. The first-order valence-corrected chi connectivity index (χ1v) is 11.4. The molecule has 0 aromatic heterocycles. The third kappa shape index (κ3) is 3.55. The van der Waals surface area contributed by atoms with Crippen molar-refractivity contribution in [2.24, 2.45) is 16.8 Å². The number of carbonyl (C=O) groups is 1. The molecule has 4 rings (SSSR count). The number of ether oxygens (including phenoxy) is 1. The van der Waals surface area contributed by atoms with Crippen LogP contribution in [0.15, 0.2) is 4.99 Å². The Balaban J connectivity index is 1.21. The van der Waals surface area contributed by atoms with E-state index >= 15 is 0 Å². The lowest BCUT2D eigenvalue weighted by Crippen LogP contribution is -2.43. The molecule has 0 aromatic rings. The van der Waals surface area contributed by atoms with Gasteiger partial charge in [0.2, 0.25) is 5.91 Å². The molecule has 5 atom stereocenters. The van der Waals surface area contributed by atoms with E-state index in [0.717, 1.165) is 19.0 Å². The van der Waals surface area contributed by atoms with Crippen LogP contribution in [-0.4, -0.2) is 81.6 Å². The average molecular weight is 385 g/mol. The van der Waals surface area contributed by atoms with Gasteiger partial charge in [0.05, 0.1) is 23.7 Å². The number of fused-ring (bicyclic) bond motifs is 5. The molecule has 1 amide bonds. The summed E-state index contributed by atoms with van der Waals surface area (Å²) in [7, 11) is -1.20. The van der Waals surface area contributed by atoms with Crippen molar-refractivity contribution in [2.75, 3.05) is 38.2 Å². The number of nitrogens with zero attached hydrogens (tertiary/aromatic N) is 2. The van der Waals surface area contributed by atoms with Crippen molar-refractivity contribution in [1.29, 1.82) is 0 Å². The number of sulfone groups is 1. The Hall–Kier alpha value is -1.35. The number of nitrogens with one attached hydrogen (secondary N) is 2. The maximum absolute atomic E-state index is 12.0. The summed E-state index contributed by atoms with van der Waals surface area (Å²) in [4.78, 5) is 18.7. The Morgan fingerprint density at radius 3 is 2.46 bits per heavy atom. The summed E-state index contributed by atoms with van der Waals surface area (Å²) in [5.74, 6) is 2.19. The number of guanidine groups is 1. The lowest BCUT2D eigenvalue weighted by molar-refractivity contribution is -0.121. The largest absolute Gasteiger partial charge is 0.374 e. The predicted octanol–water partition coefficient (Wildman–Crippen LogP) is -0.636. The summed E-state index contributed by atoms with van der Waals surface area (Å²) in [5, 5.41) is 6.10. The van der Waals surface area contributed by atoms with Gasteiger partial charge in [-0.05, 0) is 19.3 Å². The molecule has 2 bridgehead atoms. The minimum atomic E-state index is -2.97. The Morgan fingerprint density at radius 1 is 1.19 bits per heavy atom. The maximum Gasteiger partial charge on any atom is 0.222 e. The second-order valence-corrected chi connectivity index (χ2v) is 10.1. The van der Waals surface area contributed by atoms with Gasteiger partial charge in [-0.25, -0.2) is 8.42 Å². The lowest BCUT2D eigenvalue weighted by Gasteiger charge is -2.23. The first-order valence-electron chi connectivity index (χ1n) is 9.56. The molecule has 2 N–H and O–H groups in total. The molecule has 5 unspecified atom stereocenters. The van der Waals surface area contributed by atoms with Crippen LogP contribution in [-0.2, 0) is 19.4 Å². The summed E-state index contributed by atoms with van der Waals surface area (Å²) in [6.07, 6.45) is 4.03. The Morgan fingerprint density at radius 2 is 1.88 bits per heavy atom. The van der Waals surface area contributed by atoms with Gasteiger partial charge in [-0.2, -0.15) is 0 Å². The fraction of sp³-hybridized carbons (Fsp3) is 0.882. The van der Waals surface area contributed by atoms with Gasteiger partial charge in [-0.3, -0.25) is 9.79 Å². The quantitative estimate of drug-likeness (QED) is 0.494. The molecule has 8 nitrogen and oxygen atoms in total. The fourth-order valence-electron chi connectivity index (χ4n) is 4.96. The van der Waals surface area contributed by atoms with E-state index in [-0.39, 0.29) is 23.5 Å². The molecule has 0 aliphatic carbocycles. The van der Waals surface area contributed by atoms with Crippen LogP contribution in [0.1, 0.15) is 25.7 Å². The molecule has 26 heavy (non-hydrogen) atoms. The summed E-state index contributed by atoms with van der Waals surface area (Å²) < 4.78 is 28.9. The highest BCUT2D eigenvalue weighted by molar-refractivity contribution is 7.91. The van der Waals surface area contributed by atoms with Crippen LogP contribution in [0, 0.1) is 11.8 Å². The number of rotatable bonds is 4. The number of likely N-dealkylation sites (tertiary alicyclic amines) is 1. The zero-order valence-corrected chi connectivity index (χ0v) is 16.0. The van der Waals surface area contributed by atoms with E-state index in [1.54, 1.807) is 7.05 Å². The van der Waals surface area contributed by atoms with Gasteiger partial charge >= 0.3 is 0 Å². The highest BCUT2D eigenvalue weighted by atomic mass is 32.2. The molecule has 0 radical (unpaired) electrons. The molecule has 4 aliphatic heterocycles. The van der Waals surface area contributed by atoms with Crippen LogP contribution in [0.2, 0.25) is 0 Å². The van der Waals surface area contributed by atoms with Gasteiger partial charge in [-0.15, -0.1) is 0 Å². The topological polar surface area (TPSA) is 100 Å². The van der Waals surface area contributed by atoms with Crippen molar-refractivity contribution >= 4 is 21.7 Å². The standard InChI is InChI=1S/C17H28N4O4S/c1-18-17(21-8-12-13(9-21)15-3-2-14(12)25-15)19-6-4-16(22)20-11-5-7-26(23,24)10-11/h11-15H,2-10H2,1H3,(H,18,19)(H,20,22). The summed E-state index contributed by atoms with van der Waals surface area (Å²) >= 11 is 0. The molecule has 4 heterocycles. The van der Waals surface area contributed by atoms with Gasteiger partial charge in [0.25, 0.3) is 0 Å². The van der Waals surface area contributed by atoms with Crippen LogP contribution in [0.3, 0.4) is 0 Å². The van der Waals surface area contributed by atoms with Crippen molar-refractivity contribution in [3.63, 3.8) is 0 Å². The number of carbonyl (C=O) groups excluding carboxylic acids is 1. The van der Waals surface area contributed by atoms with E-state index < -0.39 is 9.84 Å². The van der Waals surface area contributed by atoms with Crippen LogP contribution in [0.25, 0.3) is 0 Å². The van der Waals surface area contributed by atoms with E-state index in [1.165, 1.54) is 12.8 Å². The fourth-order valence-corrected chi connectivity index (χ4v) is 6.64. The summed E-state index contributed by atoms with van der Waals surface area (Å²) in [5.41, 5.74) is 0. The molecule has 9 heteroatoms. The number of hydrogen-bond acceptors (Lipinski definition) is 5. The Bertz CT molecular complexity index is 677. The van der Waals surface area contributed by atoms with Crippen molar-refractivity contribution in [1.82, 2.24) is 15.5 Å². The van der Waals surface area contributed by atoms with E-state index in [0.29, 0.717) is 43.4 Å². The Kier molecular flexibility index (Phi) is 4.85. The molecular formula is C17H28N4O4S. The van der Waals surface area contributed by atoms with Gasteiger partial charge in [0.15, 0.2) is 15.8 Å². The monoisotopic (exact) mass is 384 g/mol. The molecule has 0 spiro atoms. The summed E-state index contributed by atoms with van der Waals surface area (Å²) in [6, 6.07) is -0.236. The second-order valence-electron chi connectivity index (χ2n) is 7.91. The van der Waals surface area contributed by atoms with Gasteiger partial charge in [0, 0.05) is 51.0 Å². The van der Waals surface area contributed by atoms with E-state index in [9.17, 15) is 13.2 Å². The van der Waals surface area contributed by atoms with Gasteiger partial charge in [-0.1, -0.05) is 0 Å². The van der Waals surface area contributed by atoms with E-state index in [1.807, 2.05) is 0 Å². The highest BCUT2D eigenvalue weighted by Gasteiger charge is 2.53. The van der Waals surface area contributed by atoms with Crippen molar-refractivity contribution in [2.45, 2.75) is 43.9 Å². The van der Waals surface area contributed by atoms with Crippen molar-refractivity contribution in [3.8, 4) is 0 Å². The zero-order chi connectivity index (χ0) is 18.3. The van der Waals surface area contributed by atoms with Crippen LogP contribution in [0.5, 0.6) is 0 Å². The van der Waals surface area contributed by atoms with Gasteiger partial charge < -0.3 is 20.3 Å². The first-order chi connectivity index (χ1) is 12.4. The predicted molar refractivity (Wildman–Crippen MR) is 97.6 cm³/mol. The third-order valence-electron chi connectivity index (χ3n) is 6.20. The van der Waals surface area contributed by atoms with Gasteiger partial charge in [0.1, 0.15) is 0 Å². The molecule has 0 aromatic carbocycles. The molecular weight excluding hydrogens is 356 g/mol. The van der Waals surface area contributed by atoms with Crippen molar-refractivity contribution in [3.05, 3.63) is 0 Å². The minimum Gasteiger partial charge on any atom is -0.374 e. The van der Waals surface area contributed by atoms with Crippen LogP contribution in [0.4, 0.5) is 0 Å². The zero-order valence-electron chi connectivity index (χ0n) is 15.2.